The predicted octanol–water partition coefficient (Wildman–Crippen LogP) is 3.78. The van der Waals surface area contributed by atoms with E-state index >= 15 is 0 Å². The van der Waals surface area contributed by atoms with Crippen molar-refractivity contribution in [2.45, 2.75) is 71.9 Å². The fourth-order valence-corrected chi connectivity index (χ4v) is 3.31. The molecule has 0 fully saturated rings. The second-order valence-electron chi connectivity index (χ2n) is 9.08. The van der Waals surface area contributed by atoms with E-state index in [0.29, 0.717) is 12.3 Å². The van der Waals surface area contributed by atoms with E-state index in [1.807, 2.05) is 38.1 Å². The third-order valence-corrected chi connectivity index (χ3v) is 6.39. The molecule has 2 atom stereocenters. The monoisotopic (exact) mass is 435 g/mol. The minimum atomic E-state index is -1.31. The molecule has 0 aliphatic heterocycles. The first-order chi connectivity index (χ1) is 13.9. The molecule has 0 aliphatic carbocycles. The molecule has 0 heterocycles. The molecule has 0 aromatic heterocycles. The average molecular weight is 436 g/mol. The number of anilines is 1. The molecule has 1 rings (SSSR count). The summed E-state index contributed by atoms with van der Waals surface area (Å²) in [5.74, 6) is -0.907. The van der Waals surface area contributed by atoms with Crippen LogP contribution in [0.25, 0.3) is 0 Å². The number of hydrogen-bond acceptors (Lipinski definition) is 4. The molecule has 30 heavy (non-hydrogen) atoms. The molecule has 0 spiro atoms. The first-order valence-electron chi connectivity index (χ1n) is 10.6. The Bertz CT molecular complexity index is 714. The number of nitrogens with one attached hydrogen (secondary N) is 3. The van der Waals surface area contributed by atoms with Gasteiger partial charge in [-0.1, -0.05) is 52.5 Å². The summed E-state index contributed by atoms with van der Waals surface area (Å²) in [5.41, 5.74) is 1.85. The van der Waals surface area contributed by atoms with Crippen molar-refractivity contribution >= 4 is 31.7 Å². The van der Waals surface area contributed by atoms with Crippen molar-refractivity contribution in [2.75, 3.05) is 11.9 Å². The fourth-order valence-electron chi connectivity index (χ4n) is 2.60. The van der Waals surface area contributed by atoms with Gasteiger partial charge in [-0.05, 0) is 43.0 Å². The summed E-state index contributed by atoms with van der Waals surface area (Å²) in [4.78, 5) is 37.2. The van der Waals surface area contributed by atoms with E-state index in [9.17, 15) is 14.4 Å². The van der Waals surface area contributed by atoms with Crippen LogP contribution in [0, 0.1) is 5.92 Å². The maximum absolute atomic E-state index is 12.6. The van der Waals surface area contributed by atoms with Gasteiger partial charge in [-0.2, -0.15) is 0 Å². The number of hydrogen-bond donors (Lipinski definition) is 3. The van der Waals surface area contributed by atoms with Crippen LogP contribution in [-0.4, -0.2) is 44.7 Å². The summed E-state index contributed by atoms with van der Waals surface area (Å²) in [5, 5.41) is 8.08. The van der Waals surface area contributed by atoms with Crippen LogP contribution in [0.5, 0.6) is 0 Å². The third-order valence-electron chi connectivity index (χ3n) is 4.69. The molecule has 168 valence electrons. The Hall–Kier alpha value is -2.35. The van der Waals surface area contributed by atoms with E-state index < -0.39 is 32.2 Å². The van der Waals surface area contributed by atoms with E-state index in [4.69, 9.17) is 4.74 Å². The largest absolute Gasteiger partial charge is 0.450 e. The molecule has 0 aliphatic rings. The summed E-state index contributed by atoms with van der Waals surface area (Å²) in [6.45, 7) is 14.3. The van der Waals surface area contributed by atoms with Crippen LogP contribution in [0.1, 0.15) is 33.3 Å². The van der Waals surface area contributed by atoms with Gasteiger partial charge in [-0.25, -0.2) is 4.79 Å². The van der Waals surface area contributed by atoms with E-state index in [2.05, 4.69) is 42.5 Å². The molecular weight excluding hydrogens is 398 g/mol. The van der Waals surface area contributed by atoms with Gasteiger partial charge < -0.3 is 20.7 Å². The topological polar surface area (TPSA) is 96.5 Å². The minimum Gasteiger partial charge on any atom is -0.450 e. The van der Waals surface area contributed by atoms with Crippen molar-refractivity contribution in [1.29, 1.82) is 0 Å². The van der Waals surface area contributed by atoms with Gasteiger partial charge in [0, 0.05) is 13.8 Å². The van der Waals surface area contributed by atoms with Crippen LogP contribution >= 0.6 is 0 Å². The fraction of sp³-hybridized carbons (Fsp3) is 0.591. The van der Waals surface area contributed by atoms with Crippen LogP contribution in [0.2, 0.25) is 25.7 Å². The van der Waals surface area contributed by atoms with Crippen molar-refractivity contribution in [2.24, 2.45) is 5.92 Å². The molecule has 1 aromatic rings. The van der Waals surface area contributed by atoms with Gasteiger partial charge in [0.1, 0.15) is 12.1 Å². The Kier molecular flexibility index (Phi) is 10.0. The Morgan fingerprint density at radius 3 is 2.07 bits per heavy atom. The number of aryl methyl sites for hydroxylation is 1. The number of rotatable bonds is 10. The second-order valence-corrected chi connectivity index (χ2v) is 14.7. The summed E-state index contributed by atoms with van der Waals surface area (Å²) in [6, 6.07) is 6.88. The number of benzene rings is 1. The van der Waals surface area contributed by atoms with Crippen molar-refractivity contribution in [3.05, 3.63) is 29.8 Å². The van der Waals surface area contributed by atoms with Gasteiger partial charge in [0.2, 0.25) is 11.8 Å². The summed E-state index contributed by atoms with van der Waals surface area (Å²) >= 11 is 0. The van der Waals surface area contributed by atoms with E-state index in [1.54, 1.807) is 6.92 Å². The molecular formula is C22H37N3O4Si. The van der Waals surface area contributed by atoms with Gasteiger partial charge in [0.25, 0.3) is 0 Å². The number of carbonyl (C=O) groups excluding carboxylic acids is 3. The summed E-state index contributed by atoms with van der Waals surface area (Å²) < 4.78 is 5.22. The normalized spacial score (nSPS) is 13.3. The highest BCUT2D eigenvalue weighted by atomic mass is 28.3. The quantitative estimate of drug-likeness (QED) is 0.487. The lowest BCUT2D eigenvalue weighted by atomic mass is 10.0. The van der Waals surface area contributed by atoms with Gasteiger partial charge in [-0.3, -0.25) is 9.59 Å². The Morgan fingerprint density at radius 2 is 1.57 bits per heavy atom. The molecule has 0 bridgehead atoms. The van der Waals surface area contributed by atoms with Crippen LogP contribution in [-0.2, 0) is 20.7 Å². The lowest BCUT2D eigenvalue weighted by Crippen LogP contribution is -2.53. The lowest BCUT2D eigenvalue weighted by Gasteiger charge is -2.24. The number of alkyl carbamates (subject to hydrolysis) is 1. The van der Waals surface area contributed by atoms with E-state index in [0.717, 1.165) is 12.5 Å². The Morgan fingerprint density at radius 1 is 0.967 bits per heavy atom. The zero-order valence-corrected chi connectivity index (χ0v) is 20.3. The Balaban J connectivity index is 2.59. The van der Waals surface area contributed by atoms with Crippen LogP contribution in [0.15, 0.2) is 24.3 Å². The zero-order chi connectivity index (χ0) is 22.9. The molecule has 8 heteroatoms. The lowest BCUT2D eigenvalue weighted by molar-refractivity contribution is -0.128. The first kappa shape index (κ1) is 25.7. The SMILES string of the molecule is CCc1ccc(NC(=O)[C@H](C)NC(=O)[C@@H](NC(=O)OCC[Si](C)(C)C)C(C)C)cc1. The second kappa shape index (κ2) is 11.7. The summed E-state index contributed by atoms with van der Waals surface area (Å²) in [7, 11) is -1.31. The van der Waals surface area contributed by atoms with Gasteiger partial charge >= 0.3 is 6.09 Å². The molecule has 3 amide bonds. The van der Waals surface area contributed by atoms with Gasteiger partial charge in [0.15, 0.2) is 0 Å². The molecule has 0 radical (unpaired) electrons. The van der Waals surface area contributed by atoms with Crippen LogP contribution in [0.4, 0.5) is 10.5 Å². The van der Waals surface area contributed by atoms with Gasteiger partial charge in [0.05, 0.1) is 6.61 Å². The predicted molar refractivity (Wildman–Crippen MR) is 123 cm³/mol. The minimum absolute atomic E-state index is 0.161. The maximum atomic E-state index is 12.6. The van der Waals surface area contributed by atoms with Crippen LogP contribution < -0.4 is 16.0 Å². The van der Waals surface area contributed by atoms with Crippen LogP contribution in [0.3, 0.4) is 0 Å². The third kappa shape index (κ3) is 9.43. The highest BCUT2D eigenvalue weighted by molar-refractivity contribution is 6.76. The molecule has 7 nitrogen and oxygen atoms in total. The first-order valence-corrected chi connectivity index (χ1v) is 14.3. The van der Waals surface area contributed by atoms with Crippen molar-refractivity contribution in [3.63, 3.8) is 0 Å². The molecule has 3 N–H and O–H groups in total. The zero-order valence-electron chi connectivity index (χ0n) is 19.3. The Labute approximate surface area is 181 Å². The molecule has 0 saturated carbocycles. The van der Waals surface area contributed by atoms with Crippen molar-refractivity contribution in [1.82, 2.24) is 10.6 Å². The van der Waals surface area contributed by atoms with Gasteiger partial charge in [-0.15, -0.1) is 0 Å². The smallest absolute Gasteiger partial charge is 0.407 e. The molecule has 0 unspecified atom stereocenters. The van der Waals surface area contributed by atoms with Crippen molar-refractivity contribution < 1.29 is 19.1 Å². The van der Waals surface area contributed by atoms with E-state index in [1.165, 1.54) is 5.56 Å². The average Bonchev–Trinajstić information content (AvgIpc) is 2.65. The summed E-state index contributed by atoms with van der Waals surface area (Å²) in [6.07, 6.45) is 0.306. The highest BCUT2D eigenvalue weighted by Gasteiger charge is 2.27. The molecule has 1 aromatic carbocycles. The number of amides is 3. The maximum Gasteiger partial charge on any atom is 0.407 e. The highest BCUT2D eigenvalue weighted by Crippen LogP contribution is 2.11. The number of carbonyl (C=O) groups is 3. The number of ether oxygens (including phenoxy) is 1. The van der Waals surface area contributed by atoms with Crippen molar-refractivity contribution in [3.8, 4) is 0 Å². The molecule has 0 saturated heterocycles. The van der Waals surface area contributed by atoms with E-state index in [-0.39, 0.29) is 11.8 Å². The standard InChI is InChI=1S/C22H37N3O4Si/c1-8-17-9-11-18(12-10-17)24-20(26)16(4)23-21(27)19(15(2)3)25-22(28)29-13-14-30(5,6)7/h9-12,15-16,19H,8,13-14H2,1-7H3,(H,23,27)(H,24,26)(H,25,28)/t16-,19-/m0/s1.